The summed E-state index contributed by atoms with van der Waals surface area (Å²) in [5.41, 5.74) is 0.752. The summed E-state index contributed by atoms with van der Waals surface area (Å²) in [5, 5.41) is 5.36. The molecule has 2 N–H and O–H groups in total. The largest absolute Gasteiger partial charge is 0.349 e. The summed E-state index contributed by atoms with van der Waals surface area (Å²) in [5.74, 6) is -1.72. The molecule has 0 aliphatic carbocycles. The van der Waals surface area contributed by atoms with Crippen molar-refractivity contribution in [2.24, 2.45) is 0 Å². The molecule has 7 heteroatoms. The third kappa shape index (κ3) is 3.97. The van der Waals surface area contributed by atoms with Gasteiger partial charge in [0.2, 0.25) is 5.95 Å². The summed E-state index contributed by atoms with van der Waals surface area (Å²) in [6, 6.07) is 4.61. The van der Waals surface area contributed by atoms with Crippen molar-refractivity contribution in [2.45, 2.75) is 26.8 Å². The number of hydrogen-bond donors (Lipinski definition) is 2. The van der Waals surface area contributed by atoms with Crippen LogP contribution in [-0.2, 0) is 0 Å². The van der Waals surface area contributed by atoms with Crippen LogP contribution in [0.4, 0.5) is 20.4 Å². The van der Waals surface area contributed by atoms with Gasteiger partial charge in [-0.3, -0.25) is 4.79 Å². The monoisotopic (exact) mass is 306 g/mol. The van der Waals surface area contributed by atoms with E-state index in [1.54, 1.807) is 6.92 Å². The molecular formula is C15H16F2N4O. The zero-order valence-corrected chi connectivity index (χ0v) is 12.4. The topological polar surface area (TPSA) is 66.9 Å². The molecule has 1 aromatic heterocycles. The average molecular weight is 306 g/mol. The van der Waals surface area contributed by atoms with Crippen molar-refractivity contribution in [3.63, 3.8) is 0 Å². The van der Waals surface area contributed by atoms with E-state index in [9.17, 15) is 13.6 Å². The molecule has 0 atom stereocenters. The Bertz CT molecular complexity index is 704. The van der Waals surface area contributed by atoms with Crippen molar-refractivity contribution >= 4 is 17.5 Å². The molecule has 0 spiro atoms. The number of halogens is 2. The predicted octanol–water partition coefficient (Wildman–Crippen LogP) is 2.95. The second kappa shape index (κ2) is 6.46. The van der Waals surface area contributed by atoms with E-state index >= 15 is 0 Å². The molecule has 0 aliphatic rings. The molecule has 1 heterocycles. The van der Waals surface area contributed by atoms with E-state index in [2.05, 4.69) is 20.6 Å². The average Bonchev–Trinajstić information content (AvgIpc) is 2.40. The smallest absolute Gasteiger partial charge is 0.270 e. The molecular weight excluding hydrogens is 290 g/mol. The van der Waals surface area contributed by atoms with E-state index in [0.29, 0.717) is 5.69 Å². The van der Waals surface area contributed by atoms with Gasteiger partial charge >= 0.3 is 0 Å². The van der Waals surface area contributed by atoms with Crippen molar-refractivity contribution in [3.05, 3.63) is 47.3 Å². The molecule has 1 amide bonds. The summed E-state index contributed by atoms with van der Waals surface area (Å²) >= 11 is 0. The van der Waals surface area contributed by atoms with Crippen LogP contribution in [0.3, 0.4) is 0 Å². The lowest BCUT2D eigenvalue weighted by Crippen LogP contribution is -2.31. The normalized spacial score (nSPS) is 10.6. The molecule has 5 nitrogen and oxygen atoms in total. The van der Waals surface area contributed by atoms with Crippen LogP contribution in [0.15, 0.2) is 24.3 Å². The van der Waals surface area contributed by atoms with Gasteiger partial charge < -0.3 is 10.6 Å². The van der Waals surface area contributed by atoms with E-state index in [1.165, 1.54) is 12.1 Å². The Balaban J connectivity index is 2.28. The third-order valence-electron chi connectivity index (χ3n) is 2.68. The van der Waals surface area contributed by atoms with Gasteiger partial charge in [0.15, 0.2) is 0 Å². The van der Waals surface area contributed by atoms with Crippen LogP contribution in [0.5, 0.6) is 0 Å². The number of aromatic nitrogens is 2. The summed E-state index contributed by atoms with van der Waals surface area (Å²) in [4.78, 5) is 20.1. The molecule has 2 rings (SSSR count). The first-order chi connectivity index (χ1) is 10.3. The Morgan fingerprint density at radius 3 is 2.55 bits per heavy atom. The second-order valence-corrected chi connectivity index (χ2v) is 5.10. The van der Waals surface area contributed by atoms with Crippen LogP contribution < -0.4 is 10.6 Å². The van der Waals surface area contributed by atoms with Crippen LogP contribution in [0.1, 0.15) is 30.0 Å². The quantitative estimate of drug-likeness (QED) is 0.911. The fraction of sp³-hybridized carbons (Fsp3) is 0.267. The minimum Gasteiger partial charge on any atom is -0.349 e. The number of carbonyl (C=O) groups is 1. The molecule has 0 saturated carbocycles. The zero-order chi connectivity index (χ0) is 16.3. The first-order valence-electron chi connectivity index (χ1n) is 6.74. The molecule has 1 aromatic carbocycles. The van der Waals surface area contributed by atoms with Crippen molar-refractivity contribution in [3.8, 4) is 0 Å². The van der Waals surface area contributed by atoms with Gasteiger partial charge in [0, 0.05) is 17.8 Å². The maximum atomic E-state index is 13.6. The highest BCUT2D eigenvalue weighted by Crippen LogP contribution is 2.19. The SMILES string of the molecule is Cc1cc(C(=O)NC(C)C)nc(Nc2ccc(F)cc2F)n1. The highest BCUT2D eigenvalue weighted by Gasteiger charge is 2.12. The Morgan fingerprint density at radius 1 is 1.18 bits per heavy atom. The van der Waals surface area contributed by atoms with Gasteiger partial charge in [-0.15, -0.1) is 0 Å². The lowest BCUT2D eigenvalue weighted by molar-refractivity contribution is 0.0938. The van der Waals surface area contributed by atoms with E-state index in [4.69, 9.17) is 0 Å². The van der Waals surface area contributed by atoms with E-state index in [0.717, 1.165) is 12.1 Å². The van der Waals surface area contributed by atoms with Crippen LogP contribution in [-0.4, -0.2) is 21.9 Å². The van der Waals surface area contributed by atoms with E-state index in [1.807, 2.05) is 13.8 Å². The number of amides is 1. The number of nitrogens with zero attached hydrogens (tertiary/aromatic N) is 2. The maximum absolute atomic E-state index is 13.6. The number of hydrogen-bond acceptors (Lipinski definition) is 4. The first-order valence-corrected chi connectivity index (χ1v) is 6.74. The number of anilines is 2. The molecule has 0 bridgehead atoms. The van der Waals surface area contributed by atoms with Crippen LogP contribution >= 0.6 is 0 Å². The van der Waals surface area contributed by atoms with E-state index < -0.39 is 11.6 Å². The Morgan fingerprint density at radius 2 is 1.91 bits per heavy atom. The lowest BCUT2D eigenvalue weighted by atomic mass is 10.3. The minimum absolute atomic E-state index is 0.0298. The van der Waals surface area contributed by atoms with Crippen molar-refractivity contribution in [2.75, 3.05) is 5.32 Å². The molecule has 0 aliphatic heterocycles. The summed E-state index contributed by atoms with van der Waals surface area (Å²) in [6.45, 7) is 5.36. The van der Waals surface area contributed by atoms with Crippen LogP contribution in [0.25, 0.3) is 0 Å². The van der Waals surface area contributed by atoms with Gasteiger partial charge in [0.1, 0.15) is 17.3 Å². The van der Waals surface area contributed by atoms with Gasteiger partial charge in [-0.05, 0) is 39.0 Å². The summed E-state index contributed by atoms with van der Waals surface area (Å²) < 4.78 is 26.5. The second-order valence-electron chi connectivity index (χ2n) is 5.10. The number of aryl methyl sites for hydroxylation is 1. The van der Waals surface area contributed by atoms with Gasteiger partial charge in [0.05, 0.1) is 5.69 Å². The number of carbonyl (C=O) groups excluding carboxylic acids is 1. The third-order valence-corrected chi connectivity index (χ3v) is 2.68. The Hall–Kier alpha value is -2.57. The van der Waals surface area contributed by atoms with Crippen LogP contribution in [0.2, 0.25) is 0 Å². The lowest BCUT2D eigenvalue weighted by Gasteiger charge is -2.11. The first kappa shape index (κ1) is 15.8. The molecule has 2 aromatic rings. The fourth-order valence-electron chi connectivity index (χ4n) is 1.79. The molecule has 0 unspecified atom stereocenters. The van der Waals surface area contributed by atoms with Crippen molar-refractivity contribution in [1.29, 1.82) is 0 Å². The zero-order valence-electron chi connectivity index (χ0n) is 12.4. The standard InChI is InChI=1S/C15H16F2N4O/c1-8(2)18-14(22)13-6-9(3)19-15(21-13)20-12-5-4-10(16)7-11(12)17/h4-8H,1-3H3,(H,18,22)(H,19,20,21). The molecule has 0 fully saturated rings. The number of benzene rings is 1. The molecule has 0 saturated heterocycles. The molecule has 22 heavy (non-hydrogen) atoms. The van der Waals surface area contributed by atoms with Crippen molar-refractivity contribution in [1.82, 2.24) is 15.3 Å². The predicted molar refractivity (Wildman–Crippen MR) is 79.0 cm³/mol. The molecule has 116 valence electrons. The van der Waals surface area contributed by atoms with Gasteiger partial charge in [0.25, 0.3) is 5.91 Å². The highest BCUT2D eigenvalue weighted by molar-refractivity contribution is 5.92. The Kier molecular flexibility index (Phi) is 4.65. The van der Waals surface area contributed by atoms with Crippen LogP contribution in [0, 0.1) is 18.6 Å². The van der Waals surface area contributed by atoms with E-state index in [-0.39, 0.29) is 29.3 Å². The van der Waals surface area contributed by atoms with Gasteiger partial charge in [-0.1, -0.05) is 0 Å². The fourth-order valence-corrected chi connectivity index (χ4v) is 1.79. The van der Waals surface area contributed by atoms with Crippen molar-refractivity contribution < 1.29 is 13.6 Å². The maximum Gasteiger partial charge on any atom is 0.270 e. The van der Waals surface area contributed by atoms with Gasteiger partial charge in [-0.2, -0.15) is 0 Å². The Labute approximate surface area is 126 Å². The minimum atomic E-state index is -0.765. The number of rotatable bonds is 4. The van der Waals surface area contributed by atoms with Gasteiger partial charge in [-0.25, -0.2) is 18.7 Å². The summed E-state index contributed by atoms with van der Waals surface area (Å²) in [7, 11) is 0. The molecule has 0 radical (unpaired) electrons. The summed E-state index contributed by atoms with van der Waals surface area (Å²) in [6.07, 6.45) is 0. The number of nitrogens with one attached hydrogen (secondary N) is 2. The highest BCUT2D eigenvalue weighted by atomic mass is 19.1.